The molecule has 0 aliphatic heterocycles. The summed E-state index contributed by atoms with van der Waals surface area (Å²) in [5.41, 5.74) is 3.68. The molecule has 35 heavy (non-hydrogen) atoms. The number of nitrogens with two attached hydrogens (primary N) is 1. The van der Waals surface area contributed by atoms with Crippen molar-refractivity contribution in [2.45, 2.75) is 56.1 Å². The number of benzene rings is 1. The summed E-state index contributed by atoms with van der Waals surface area (Å²) < 4.78 is 0. The van der Waals surface area contributed by atoms with Crippen molar-refractivity contribution in [3.05, 3.63) is 51.5 Å². The summed E-state index contributed by atoms with van der Waals surface area (Å²) in [4.78, 5) is 40.6. The Labute approximate surface area is 202 Å². The van der Waals surface area contributed by atoms with E-state index in [9.17, 15) is 34.8 Å². The molecule has 0 aromatic heterocycles. The molecule has 6 N–H and O–H groups in total. The molecule has 4 unspecified atom stereocenters. The molecule has 4 aliphatic carbocycles. The molecule has 5 rings (SSSR count). The SMILES string of the molecule is CN(C)C1C(O)=C(C(N)=O)C(=O)C2(O)C(O)=C3C(=O)c4c(O)ccc(C5CCCC5)c4CC3CC12. The number of hydrogen-bond acceptors (Lipinski definition) is 8. The lowest BCUT2D eigenvalue weighted by atomic mass is 9.58. The number of phenolic OH excluding ortho intramolecular Hbond substituents is 1. The van der Waals surface area contributed by atoms with Crippen LogP contribution in [0.15, 0.2) is 34.8 Å². The van der Waals surface area contributed by atoms with Crippen molar-refractivity contribution in [1.29, 1.82) is 0 Å². The van der Waals surface area contributed by atoms with E-state index in [0.717, 1.165) is 36.8 Å². The van der Waals surface area contributed by atoms with Gasteiger partial charge in [0.25, 0.3) is 5.91 Å². The average Bonchev–Trinajstić information content (AvgIpc) is 3.30. The molecule has 0 heterocycles. The highest BCUT2D eigenvalue weighted by Crippen LogP contribution is 2.53. The van der Waals surface area contributed by atoms with E-state index in [1.165, 1.54) is 6.07 Å². The zero-order valence-corrected chi connectivity index (χ0v) is 19.7. The summed E-state index contributed by atoms with van der Waals surface area (Å²) in [6.07, 6.45) is 4.63. The van der Waals surface area contributed by atoms with Crippen molar-refractivity contribution in [3.8, 4) is 5.75 Å². The number of fused-ring (bicyclic) bond motifs is 3. The number of likely N-dealkylation sites (N-methyl/N-ethyl adjacent to an activating group) is 1. The number of Topliss-reactive ketones (excluding diaryl/α,β-unsaturated/α-hetero) is 2. The van der Waals surface area contributed by atoms with Gasteiger partial charge in [0.05, 0.1) is 11.6 Å². The van der Waals surface area contributed by atoms with E-state index in [1.54, 1.807) is 19.0 Å². The van der Waals surface area contributed by atoms with E-state index in [1.807, 2.05) is 6.07 Å². The summed E-state index contributed by atoms with van der Waals surface area (Å²) in [5.74, 6) is -5.96. The smallest absolute Gasteiger partial charge is 0.255 e. The molecule has 1 saturated carbocycles. The molecular weight excluding hydrogens is 452 g/mol. The van der Waals surface area contributed by atoms with Gasteiger partial charge in [0.2, 0.25) is 5.78 Å². The molecule has 9 nitrogen and oxygen atoms in total. The Bertz CT molecular complexity index is 1220. The van der Waals surface area contributed by atoms with Crippen LogP contribution in [-0.2, 0) is 16.0 Å². The lowest BCUT2D eigenvalue weighted by Crippen LogP contribution is -2.63. The Balaban J connectivity index is 1.70. The zero-order chi connectivity index (χ0) is 25.4. The molecular formula is C26H30N2O7. The highest BCUT2D eigenvalue weighted by molar-refractivity contribution is 6.24. The van der Waals surface area contributed by atoms with Gasteiger partial charge in [-0.25, -0.2) is 0 Å². The molecule has 4 aliphatic rings. The number of rotatable bonds is 3. The minimum Gasteiger partial charge on any atom is -0.510 e. The molecule has 186 valence electrons. The standard InChI is InChI=1S/C26H30N2O7/c1-28(2)20-15-10-12-9-14-13(11-5-3-4-6-11)7-8-16(29)18(14)21(30)17(12)23(32)26(15,35)24(33)19(22(20)31)25(27)34/h7-8,11-12,15,20,29,31-32,35H,3-6,9-10H2,1-2H3,(H2,27,34). The molecule has 0 spiro atoms. The lowest BCUT2D eigenvalue weighted by molar-refractivity contribution is -0.148. The molecule has 1 aromatic rings. The van der Waals surface area contributed by atoms with Crippen LogP contribution in [0.4, 0.5) is 0 Å². The second kappa shape index (κ2) is 7.93. The monoisotopic (exact) mass is 482 g/mol. The van der Waals surface area contributed by atoms with Crippen molar-refractivity contribution in [2.75, 3.05) is 14.1 Å². The molecule has 4 atom stereocenters. The minimum absolute atomic E-state index is 0.0928. The molecule has 1 fully saturated rings. The van der Waals surface area contributed by atoms with Crippen molar-refractivity contribution >= 4 is 17.5 Å². The number of aliphatic hydroxyl groups excluding tert-OH is 2. The maximum Gasteiger partial charge on any atom is 0.255 e. The summed E-state index contributed by atoms with van der Waals surface area (Å²) in [6, 6.07) is 2.37. The number of phenols is 1. The molecule has 0 saturated heterocycles. The number of carbonyl (C=O) groups is 3. The normalized spacial score (nSPS) is 31.0. The fourth-order valence-electron chi connectivity index (χ4n) is 6.89. The number of allylic oxidation sites excluding steroid dienone is 1. The molecule has 1 aromatic carbocycles. The van der Waals surface area contributed by atoms with Crippen LogP contribution in [0.1, 0.15) is 59.5 Å². The topological polar surface area (TPSA) is 161 Å². The molecule has 1 amide bonds. The highest BCUT2D eigenvalue weighted by Gasteiger charge is 2.63. The predicted molar refractivity (Wildman–Crippen MR) is 125 cm³/mol. The first-order valence-corrected chi connectivity index (χ1v) is 12.0. The summed E-state index contributed by atoms with van der Waals surface area (Å²) in [7, 11) is 3.23. The van der Waals surface area contributed by atoms with Gasteiger partial charge < -0.3 is 26.2 Å². The molecule has 0 bridgehead atoms. The van der Waals surface area contributed by atoms with Crippen LogP contribution in [0.2, 0.25) is 0 Å². The van der Waals surface area contributed by atoms with Gasteiger partial charge in [-0.1, -0.05) is 18.9 Å². The number of nitrogens with zero attached hydrogens (tertiary/aromatic N) is 1. The first kappa shape index (κ1) is 23.6. The third-order valence-corrected chi connectivity index (χ3v) is 8.44. The van der Waals surface area contributed by atoms with Gasteiger partial charge in [-0.05, 0) is 68.8 Å². The second-order valence-electron chi connectivity index (χ2n) is 10.5. The molecule has 0 radical (unpaired) electrons. The van der Waals surface area contributed by atoms with Gasteiger partial charge in [-0.2, -0.15) is 0 Å². The zero-order valence-electron chi connectivity index (χ0n) is 19.7. The fourth-order valence-corrected chi connectivity index (χ4v) is 6.89. The number of aliphatic hydroxyl groups is 3. The molecule has 9 heteroatoms. The maximum atomic E-state index is 13.7. The van der Waals surface area contributed by atoms with E-state index < -0.39 is 58.0 Å². The van der Waals surface area contributed by atoms with Crippen molar-refractivity contribution in [3.63, 3.8) is 0 Å². The summed E-state index contributed by atoms with van der Waals surface area (Å²) in [6.45, 7) is 0. The van der Waals surface area contributed by atoms with E-state index in [-0.39, 0.29) is 29.2 Å². The number of ketones is 2. The van der Waals surface area contributed by atoms with Gasteiger partial charge in [-0.15, -0.1) is 0 Å². The first-order valence-electron chi connectivity index (χ1n) is 12.0. The van der Waals surface area contributed by atoms with Crippen LogP contribution in [0.5, 0.6) is 5.75 Å². The van der Waals surface area contributed by atoms with Crippen LogP contribution < -0.4 is 5.73 Å². The lowest BCUT2D eigenvalue weighted by Gasteiger charge is -2.50. The van der Waals surface area contributed by atoms with Crippen LogP contribution in [0.25, 0.3) is 0 Å². The summed E-state index contributed by atoms with van der Waals surface area (Å²) >= 11 is 0. The van der Waals surface area contributed by atoms with Gasteiger partial charge in [0.1, 0.15) is 22.8 Å². The number of carbonyl (C=O) groups excluding carboxylic acids is 3. The Kier molecular flexibility index (Phi) is 5.34. The minimum atomic E-state index is -2.61. The number of aromatic hydroxyl groups is 1. The van der Waals surface area contributed by atoms with Crippen LogP contribution >= 0.6 is 0 Å². The quantitative estimate of drug-likeness (QED) is 0.407. The van der Waals surface area contributed by atoms with E-state index in [0.29, 0.717) is 6.42 Å². The third-order valence-electron chi connectivity index (χ3n) is 8.44. The number of amides is 1. The largest absolute Gasteiger partial charge is 0.510 e. The van der Waals surface area contributed by atoms with Crippen molar-refractivity contribution in [1.82, 2.24) is 4.90 Å². The van der Waals surface area contributed by atoms with Gasteiger partial charge in [0.15, 0.2) is 11.4 Å². The number of hydrogen-bond donors (Lipinski definition) is 5. The van der Waals surface area contributed by atoms with Gasteiger partial charge >= 0.3 is 0 Å². The number of primary amides is 1. The van der Waals surface area contributed by atoms with Crippen LogP contribution in [-0.4, -0.2) is 68.5 Å². The predicted octanol–water partition coefficient (Wildman–Crippen LogP) is 1.78. The highest BCUT2D eigenvalue weighted by atomic mass is 16.3. The fraction of sp³-hybridized carbons (Fsp3) is 0.500. The Morgan fingerprint density at radius 3 is 2.34 bits per heavy atom. The summed E-state index contributed by atoms with van der Waals surface area (Å²) in [5, 5.41) is 44.4. The average molecular weight is 483 g/mol. The first-order chi connectivity index (χ1) is 16.5. The van der Waals surface area contributed by atoms with E-state index in [2.05, 4.69) is 0 Å². The van der Waals surface area contributed by atoms with E-state index >= 15 is 0 Å². The Morgan fingerprint density at radius 2 is 1.74 bits per heavy atom. The van der Waals surface area contributed by atoms with E-state index in [4.69, 9.17) is 5.73 Å². The third kappa shape index (κ3) is 3.11. The van der Waals surface area contributed by atoms with Crippen LogP contribution in [0, 0.1) is 11.8 Å². The van der Waals surface area contributed by atoms with Crippen molar-refractivity contribution in [2.24, 2.45) is 17.6 Å². The Morgan fingerprint density at radius 1 is 1.09 bits per heavy atom. The van der Waals surface area contributed by atoms with Gasteiger partial charge in [-0.3, -0.25) is 19.3 Å². The van der Waals surface area contributed by atoms with Crippen molar-refractivity contribution < 1.29 is 34.8 Å². The second-order valence-corrected chi connectivity index (χ2v) is 10.5. The Hall–Kier alpha value is -3.17. The maximum absolute atomic E-state index is 13.7. The van der Waals surface area contributed by atoms with Crippen LogP contribution in [0.3, 0.4) is 0 Å². The van der Waals surface area contributed by atoms with Gasteiger partial charge in [0, 0.05) is 11.5 Å².